The van der Waals surface area contributed by atoms with Gasteiger partial charge in [0.25, 0.3) is 0 Å². The fraction of sp³-hybridized carbons (Fsp3) is 0.714. The van der Waals surface area contributed by atoms with Crippen LogP contribution in [0.15, 0.2) is 11.0 Å². The molecule has 0 radical (unpaired) electrons. The summed E-state index contributed by atoms with van der Waals surface area (Å²) >= 11 is 0. The minimum Gasteiger partial charge on any atom is -0.383 e. The maximum absolute atomic E-state index is 12.2. The highest BCUT2D eigenvalue weighted by Gasteiger charge is 2.49. The second-order valence-electron chi connectivity index (χ2n) is 5.77. The van der Waals surface area contributed by atoms with Crippen LogP contribution in [0.5, 0.6) is 0 Å². The van der Waals surface area contributed by atoms with Gasteiger partial charge in [-0.1, -0.05) is 13.3 Å². The SMILES string of the molecule is CCC[C@H]1O[C@@H](n2cc(C)c(N)nc2=O)[C@@H](OC)C1OP(=O)(O)OC. The Hall–Kier alpha value is -1.29. The Labute approximate surface area is 145 Å². The predicted octanol–water partition coefficient (Wildman–Crippen LogP) is 0.978. The van der Waals surface area contributed by atoms with Crippen molar-refractivity contribution >= 4 is 13.6 Å². The molecule has 2 unspecified atom stereocenters. The van der Waals surface area contributed by atoms with Gasteiger partial charge in [-0.25, -0.2) is 9.36 Å². The Morgan fingerprint density at radius 3 is 2.68 bits per heavy atom. The Bertz CT molecular complexity index is 710. The molecule has 5 atom stereocenters. The lowest BCUT2D eigenvalue weighted by atomic mass is 10.1. The van der Waals surface area contributed by atoms with Crippen molar-refractivity contribution in [2.75, 3.05) is 20.0 Å². The Morgan fingerprint density at radius 1 is 1.44 bits per heavy atom. The first-order chi connectivity index (χ1) is 11.7. The first-order valence-corrected chi connectivity index (χ1v) is 9.34. The molecule has 25 heavy (non-hydrogen) atoms. The fourth-order valence-electron chi connectivity index (χ4n) is 2.78. The largest absolute Gasteiger partial charge is 0.472 e. The van der Waals surface area contributed by atoms with Crippen molar-refractivity contribution in [3.05, 3.63) is 22.2 Å². The third kappa shape index (κ3) is 4.28. The molecule has 1 fully saturated rings. The summed E-state index contributed by atoms with van der Waals surface area (Å²) < 4.78 is 34.2. The molecule has 2 heterocycles. The van der Waals surface area contributed by atoms with Crippen LogP contribution in [-0.4, -0.2) is 47.0 Å². The molecule has 0 saturated carbocycles. The maximum atomic E-state index is 12.2. The maximum Gasteiger partial charge on any atom is 0.472 e. The van der Waals surface area contributed by atoms with Crippen LogP contribution in [0.25, 0.3) is 0 Å². The summed E-state index contributed by atoms with van der Waals surface area (Å²) in [5.74, 6) is 0.130. The number of nitrogens with two attached hydrogens (primary N) is 1. The standard InChI is InChI=1S/C14H24N3O7P/c1-5-6-9-10(24-25(19,20)22-4)11(21-3)13(23-9)17-7-8(2)12(15)16-14(17)18/h7,9-11,13H,5-6H2,1-4H3,(H,19,20)(H2,15,16,18)/t9-,10?,11+,13-/m1/s1. The molecule has 0 amide bonds. The molecule has 0 bridgehead atoms. The van der Waals surface area contributed by atoms with Crippen LogP contribution < -0.4 is 11.4 Å². The number of anilines is 1. The number of hydrogen-bond acceptors (Lipinski definition) is 8. The van der Waals surface area contributed by atoms with Crippen molar-refractivity contribution in [2.45, 2.75) is 51.2 Å². The second-order valence-corrected chi connectivity index (χ2v) is 7.29. The van der Waals surface area contributed by atoms with Crippen molar-refractivity contribution in [3.63, 3.8) is 0 Å². The van der Waals surface area contributed by atoms with Gasteiger partial charge in [0.1, 0.15) is 18.0 Å². The monoisotopic (exact) mass is 377 g/mol. The van der Waals surface area contributed by atoms with Gasteiger partial charge in [0, 0.05) is 26.0 Å². The average Bonchev–Trinajstić information content (AvgIpc) is 2.88. The van der Waals surface area contributed by atoms with Gasteiger partial charge < -0.3 is 20.1 Å². The number of methoxy groups -OCH3 is 1. The highest BCUT2D eigenvalue weighted by molar-refractivity contribution is 7.47. The van der Waals surface area contributed by atoms with Crippen molar-refractivity contribution in [1.29, 1.82) is 0 Å². The molecule has 142 valence electrons. The van der Waals surface area contributed by atoms with E-state index in [1.54, 1.807) is 6.92 Å². The van der Waals surface area contributed by atoms with Gasteiger partial charge in [0.2, 0.25) is 0 Å². The van der Waals surface area contributed by atoms with Gasteiger partial charge in [0.05, 0.1) is 6.10 Å². The third-order valence-corrected chi connectivity index (χ3v) is 5.04. The molecule has 1 aromatic rings. The van der Waals surface area contributed by atoms with E-state index in [0.717, 1.165) is 13.5 Å². The summed E-state index contributed by atoms with van der Waals surface area (Å²) in [6.45, 7) is 3.64. The molecule has 1 aliphatic heterocycles. The van der Waals surface area contributed by atoms with Gasteiger partial charge in [-0.15, -0.1) is 0 Å². The van der Waals surface area contributed by atoms with Crippen LogP contribution in [0.3, 0.4) is 0 Å². The first kappa shape index (κ1) is 20.0. The van der Waals surface area contributed by atoms with E-state index in [1.165, 1.54) is 17.9 Å². The summed E-state index contributed by atoms with van der Waals surface area (Å²) in [5, 5.41) is 0. The van der Waals surface area contributed by atoms with Crippen molar-refractivity contribution in [2.24, 2.45) is 0 Å². The minimum absolute atomic E-state index is 0.130. The van der Waals surface area contributed by atoms with E-state index in [1.807, 2.05) is 6.92 Å². The zero-order chi connectivity index (χ0) is 18.8. The van der Waals surface area contributed by atoms with Gasteiger partial charge in [-0.2, -0.15) is 4.98 Å². The van der Waals surface area contributed by atoms with E-state index in [4.69, 9.17) is 19.7 Å². The van der Waals surface area contributed by atoms with Gasteiger partial charge in [-0.05, 0) is 13.3 Å². The summed E-state index contributed by atoms with van der Waals surface area (Å²) in [6, 6.07) is 0. The molecular formula is C14H24N3O7P. The van der Waals surface area contributed by atoms with Crippen LogP contribution in [0.1, 0.15) is 31.6 Å². The smallest absolute Gasteiger partial charge is 0.383 e. The fourth-order valence-corrected chi connectivity index (χ4v) is 3.43. The molecule has 1 aliphatic rings. The number of aryl methyl sites for hydroxylation is 1. The lowest BCUT2D eigenvalue weighted by molar-refractivity contribution is -0.0548. The number of nitrogens with zero attached hydrogens (tertiary/aromatic N) is 2. The molecule has 11 heteroatoms. The van der Waals surface area contributed by atoms with Crippen LogP contribution in [0.4, 0.5) is 5.82 Å². The van der Waals surface area contributed by atoms with Crippen LogP contribution >= 0.6 is 7.82 Å². The quantitative estimate of drug-likeness (QED) is 0.666. The Kier molecular flexibility index (Phi) is 6.36. The third-order valence-electron chi connectivity index (χ3n) is 4.06. The van der Waals surface area contributed by atoms with Crippen molar-refractivity contribution in [1.82, 2.24) is 9.55 Å². The Morgan fingerprint density at radius 2 is 2.12 bits per heavy atom. The van der Waals surface area contributed by atoms with Gasteiger partial charge in [-0.3, -0.25) is 13.6 Å². The molecule has 0 spiro atoms. The highest BCUT2D eigenvalue weighted by atomic mass is 31.2. The topological polar surface area (TPSA) is 135 Å². The molecule has 2 rings (SSSR count). The summed E-state index contributed by atoms with van der Waals surface area (Å²) in [6.07, 6.45) is -0.333. The van der Waals surface area contributed by atoms with Crippen molar-refractivity contribution in [3.8, 4) is 0 Å². The molecule has 0 aromatic carbocycles. The molecule has 1 saturated heterocycles. The lowest BCUT2D eigenvalue weighted by Crippen LogP contribution is -2.38. The molecule has 0 aliphatic carbocycles. The number of phosphoric ester groups is 1. The summed E-state index contributed by atoms with van der Waals surface area (Å²) in [7, 11) is -1.79. The molecule has 10 nitrogen and oxygen atoms in total. The van der Waals surface area contributed by atoms with Gasteiger partial charge >= 0.3 is 13.5 Å². The van der Waals surface area contributed by atoms with Crippen LogP contribution in [0.2, 0.25) is 0 Å². The predicted molar refractivity (Wildman–Crippen MR) is 89.0 cm³/mol. The Balaban J connectivity index is 2.41. The molecule has 1 aromatic heterocycles. The van der Waals surface area contributed by atoms with Crippen LogP contribution in [0, 0.1) is 6.92 Å². The van der Waals surface area contributed by atoms with E-state index in [-0.39, 0.29) is 5.82 Å². The number of hydrogen-bond donors (Lipinski definition) is 2. The van der Waals surface area contributed by atoms with Crippen molar-refractivity contribution < 1.29 is 28.0 Å². The number of rotatable bonds is 7. The molecule has 3 N–H and O–H groups in total. The first-order valence-electron chi connectivity index (χ1n) is 7.84. The van der Waals surface area contributed by atoms with E-state index in [0.29, 0.717) is 12.0 Å². The minimum atomic E-state index is -4.26. The average molecular weight is 377 g/mol. The number of nitrogen functional groups attached to an aromatic ring is 1. The molecular weight excluding hydrogens is 353 g/mol. The summed E-state index contributed by atoms with van der Waals surface area (Å²) in [5.41, 5.74) is 5.64. The number of aromatic nitrogens is 2. The van der Waals surface area contributed by atoms with E-state index in [9.17, 15) is 14.3 Å². The van der Waals surface area contributed by atoms with E-state index < -0.39 is 38.1 Å². The van der Waals surface area contributed by atoms with E-state index >= 15 is 0 Å². The zero-order valence-corrected chi connectivity index (χ0v) is 15.5. The zero-order valence-electron chi connectivity index (χ0n) is 14.6. The number of phosphoric acid groups is 1. The summed E-state index contributed by atoms with van der Waals surface area (Å²) in [4.78, 5) is 25.7. The highest BCUT2D eigenvalue weighted by Crippen LogP contribution is 2.48. The number of ether oxygens (including phenoxy) is 2. The second kappa shape index (κ2) is 7.94. The normalized spacial score (nSPS) is 28.8. The van der Waals surface area contributed by atoms with Gasteiger partial charge in [0.15, 0.2) is 6.23 Å². The van der Waals surface area contributed by atoms with E-state index in [2.05, 4.69) is 9.51 Å². The lowest BCUT2D eigenvalue weighted by Gasteiger charge is -2.24. The van der Waals surface area contributed by atoms with Crippen LogP contribution in [-0.2, 0) is 23.1 Å².